The number of guanidine groups is 1. The molecule has 0 fully saturated rings. The number of alkyl halides is 6. The Morgan fingerprint density at radius 3 is 2.14 bits per heavy atom. The van der Waals surface area contributed by atoms with Gasteiger partial charge in [-0.05, 0) is 18.2 Å². The fourth-order valence-corrected chi connectivity index (χ4v) is 2.19. The highest BCUT2D eigenvalue weighted by atomic mass is 19.4. The summed E-state index contributed by atoms with van der Waals surface area (Å²) in [6, 6.07) is 6.80. The van der Waals surface area contributed by atoms with Crippen molar-refractivity contribution in [3.8, 4) is 0 Å². The molecule has 2 N–H and O–H groups in total. The maximum Gasteiger partial charge on any atom is 0.411 e. The van der Waals surface area contributed by atoms with Crippen molar-refractivity contribution in [3.05, 3.63) is 35.4 Å². The van der Waals surface area contributed by atoms with E-state index in [-0.39, 0.29) is 19.7 Å². The summed E-state index contributed by atoms with van der Waals surface area (Å²) >= 11 is 0. The van der Waals surface area contributed by atoms with Crippen LogP contribution in [0.25, 0.3) is 0 Å². The number of ether oxygens (including phenoxy) is 1. The maximum atomic E-state index is 12.3. The van der Waals surface area contributed by atoms with Crippen molar-refractivity contribution in [2.45, 2.75) is 25.5 Å². The standard InChI is InChI=1S/C17H24F6N4O/c1-24-15(25-7-8-27(2)11-16(18,19)20)26-9-13-3-5-14(6-4-13)10-28-12-17(21,22)23/h3-6H,7-12H2,1-2H3,(H2,24,25,26). The van der Waals surface area contributed by atoms with E-state index in [0.29, 0.717) is 18.1 Å². The van der Waals surface area contributed by atoms with Gasteiger partial charge >= 0.3 is 12.4 Å². The van der Waals surface area contributed by atoms with E-state index < -0.39 is 25.5 Å². The van der Waals surface area contributed by atoms with Gasteiger partial charge in [0.25, 0.3) is 0 Å². The summed E-state index contributed by atoms with van der Waals surface area (Å²) in [5.41, 5.74) is 1.47. The maximum absolute atomic E-state index is 12.3. The fraction of sp³-hybridized carbons (Fsp3) is 0.588. The first kappa shape index (κ1) is 24.0. The van der Waals surface area contributed by atoms with Crippen LogP contribution in [0.3, 0.4) is 0 Å². The number of hydrogen-bond donors (Lipinski definition) is 2. The minimum atomic E-state index is -4.35. The van der Waals surface area contributed by atoms with Crippen LogP contribution in [-0.4, -0.2) is 63.5 Å². The van der Waals surface area contributed by atoms with Crippen molar-refractivity contribution in [2.75, 3.05) is 40.3 Å². The Morgan fingerprint density at radius 2 is 1.61 bits per heavy atom. The largest absolute Gasteiger partial charge is 0.411 e. The molecule has 0 amide bonds. The minimum Gasteiger partial charge on any atom is -0.367 e. The van der Waals surface area contributed by atoms with Crippen LogP contribution in [0.15, 0.2) is 29.3 Å². The van der Waals surface area contributed by atoms with Crippen molar-refractivity contribution in [1.29, 1.82) is 0 Å². The second kappa shape index (κ2) is 11.1. The summed E-state index contributed by atoms with van der Waals surface area (Å²) in [4.78, 5) is 5.14. The van der Waals surface area contributed by atoms with Crippen molar-refractivity contribution < 1.29 is 31.1 Å². The monoisotopic (exact) mass is 414 g/mol. The molecule has 28 heavy (non-hydrogen) atoms. The highest BCUT2D eigenvalue weighted by molar-refractivity contribution is 5.79. The normalized spacial score (nSPS) is 13.1. The zero-order valence-electron chi connectivity index (χ0n) is 15.6. The molecule has 0 aliphatic heterocycles. The third-order valence-electron chi connectivity index (χ3n) is 3.48. The van der Waals surface area contributed by atoms with Gasteiger partial charge in [-0.3, -0.25) is 9.89 Å². The van der Waals surface area contributed by atoms with Gasteiger partial charge in [-0.2, -0.15) is 26.3 Å². The predicted molar refractivity (Wildman–Crippen MR) is 93.9 cm³/mol. The molecule has 0 saturated carbocycles. The Kier molecular flexibility index (Phi) is 9.53. The molecule has 0 spiro atoms. The zero-order valence-corrected chi connectivity index (χ0v) is 15.6. The highest BCUT2D eigenvalue weighted by Gasteiger charge is 2.29. The first-order valence-corrected chi connectivity index (χ1v) is 8.40. The molecule has 1 aromatic carbocycles. The van der Waals surface area contributed by atoms with Crippen LogP contribution < -0.4 is 10.6 Å². The molecule has 0 atom stereocenters. The first-order chi connectivity index (χ1) is 13.0. The summed E-state index contributed by atoms with van der Waals surface area (Å²) in [6.07, 6.45) is -8.59. The smallest absolute Gasteiger partial charge is 0.367 e. The molecule has 0 heterocycles. The Hall–Kier alpha value is -2.01. The average molecular weight is 414 g/mol. The van der Waals surface area contributed by atoms with E-state index in [0.717, 1.165) is 10.5 Å². The predicted octanol–water partition coefficient (Wildman–Crippen LogP) is 2.92. The number of rotatable bonds is 9. The topological polar surface area (TPSA) is 48.9 Å². The van der Waals surface area contributed by atoms with Gasteiger partial charge in [0.05, 0.1) is 13.2 Å². The third-order valence-corrected chi connectivity index (χ3v) is 3.48. The van der Waals surface area contributed by atoms with Crippen LogP contribution in [0.2, 0.25) is 0 Å². The SMILES string of the molecule is CN=C(NCCN(C)CC(F)(F)F)NCc1ccc(COCC(F)(F)F)cc1. The molecule has 0 unspecified atom stereocenters. The van der Waals surface area contributed by atoms with Gasteiger partial charge in [0, 0.05) is 26.7 Å². The molecule has 1 aromatic rings. The quantitative estimate of drug-likeness (QED) is 0.371. The molecule has 160 valence electrons. The molecule has 0 radical (unpaired) electrons. The number of likely N-dealkylation sites (N-methyl/N-ethyl adjacent to an activating group) is 1. The lowest BCUT2D eigenvalue weighted by molar-refractivity contribution is -0.176. The number of nitrogens with zero attached hydrogens (tertiary/aromatic N) is 2. The van der Waals surface area contributed by atoms with Crippen molar-refractivity contribution in [1.82, 2.24) is 15.5 Å². The number of aliphatic imine (C=N–C) groups is 1. The highest BCUT2D eigenvalue weighted by Crippen LogP contribution is 2.16. The van der Waals surface area contributed by atoms with Gasteiger partial charge in [-0.15, -0.1) is 0 Å². The molecule has 11 heteroatoms. The van der Waals surface area contributed by atoms with E-state index in [1.165, 1.54) is 14.1 Å². The van der Waals surface area contributed by atoms with E-state index in [9.17, 15) is 26.3 Å². The number of hydrogen-bond acceptors (Lipinski definition) is 3. The Bertz CT molecular complexity index is 601. The number of benzene rings is 1. The zero-order chi connectivity index (χ0) is 21.2. The lowest BCUT2D eigenvalue weighted by Gasteiger charge is -2.19. The van der Waals surface area contributed by atoms with Crippen molar-refractivity contribution in [3.63, 3.8) is 0 Å². The Balaban J connectivity index is 2.33. The molecule has 0 aliphatic carbocycles. The number of nitrogens with one attached hydrogen (secondary N) is 2. The van der Waals surface area contributed by atoms with Crippen molar-refractivity contribution in [2.24, 2.45) is 4.99 Å². The third kappa shape index (κ3) is 11.7. The van der Waals surface area contributed by atoms with Gasteiger partial charge in [-0.1, -0.05) is 24.3 Å². The molecular weight excluding hydrogens is 390 g/mol. The van der Waals surface area contributed by atoms with E-state index in [1.807, 2.05) is 0 Å². The molecule has 0 aliphatic rings. The van der Waals surface area contributed by atoms with Crippen LogP contribution in [0.5, 0.6) is 0 Å². The van der Waals surface area contributed by atoms with Crippen LogP contribution in [0, 0.1) is 0 Å². The van der Waals surface area contributed by atoms with Crippen LogP contribution in [0.1, 0.15) is 11.1 Å². The van der Waals surface area contributed by atoms with Crippen LogP contribution in [0.4, 0.5) is 26.3 Å². The summed E-state index contributed by atoms with van der Waals surface area (Å²) in [6.45, 7) is -1.56. The Morgan fingerprint density at radius 1 is 1.00 bits per heavy atom. The molecule has 0 aromatic heterocycles. The average Bonchev–Trinajstić information content (AvgIpc) is 2.56. The lowest BCUT2D eigenvalue weighted by Crippen LogP contribution is -2.42. The first-order valence-electron chi connectivity index (χ1n) is 8.40. The lowest BCUT2D eigenvalue weighted by atomic mass is 10.1. The molecule has 0 bridgehead atoms. The second-order valence-electron chi connectivity index (χ2n) is 6.13. The van der Waals surface area contributed by atoms with Gasteiger partial charge < -0.3 is 15.4 Å². The molecule has 5 nitrogen and oxygen atoms in total. The molecular formula is C17H24F6N4O. The summed E-state index contributed by atoms with van der Waals surface area (Å²) in [5.74, 6) is 0.429. The van der Waals surface area contributed by atoms with Crippen LogP contribution >= 0.6 is 0 Å². The number of halogens is 6. The van der Waals surface area contributed by atoms with Gasteiger partial charge in [0.1, 0.15) is 6.61 Å². The van der Waals surface area contributed by atoms with Gasteiger partial charge in [0.15, 0.2) is 5.96 Å². The van der Waals surface area contributed by atoms with E-state index >= 15 is 0 Å². The van der Waals surface area contributed by atoms with Gasteiger partial charge in [-0.25, -0.2) is 0 Å². The molecule has 1 rings (SSSR count). The van der Waals surface area contributed by atoms with Crippen molar-refractivity contribution >= 4 is 5.96 Å². The Labute approximate surface area is 159 Å². The molecule has 0 saturated heterocycles. The summed E-state index contributed by atoms with van der Waals surface area (Å²) in [7, 11) is 2.92. The minimum absolute atomic E-state index is 0.137. The summed E-state index contributed by atoms with van der Waals surface area (Å²) < 4.78 is 77.5. The fourth-order valence-electron chi connectivity index (χ4n) is 2.19. The van der Waals surface area contributed by atoms with E-state index in [2.05, 4.69) is 20.4 Å². The summed E-state index contributed by atoms with van der Waals surface area (Å²) in [5, 5.41) is 5.92. The van der Waals surface area contributed by atoms with E-state index in [1.54, 1.807) is 24.3 Å². The van der Waals surface area contributed by atoms with Gasteiger partial charge in [0.2, 0.25) is 0 Å². The van der Waals surface area contributed by atoms with E-state index in [4.69, 9.17) is 0 Å². The van der Waals surface area contributed by atoms with Crippen LogP contribution in [-0.2, 0) is 17.9 Å². The second-order valence-corrected chi connectivity index (χ2v) is 6.13.